The molecule has 0 N–H and O–H groups in total. The second-order valence-electron chi connectivity index (χ2n) is 5.21. The number of hydrogen-bond acceptors (Lipinski definition) is 6. The van der Waals surface area contributed by atoms with Crippen LogP contribution in [0.2, 0.25) is 0 Å². The van der Waals surface area contributed by atoms with E-state index in [1.807, 2.05) is 0 Å². The Balaban J connectivity index is 0. The molecule has 0 fully saturated rings. The predicted molar refractivity (Wildman–Crippen MR) is 89.7 cm³/mol. The molecular formula is C18H24NNaO6. The number of hydrogen-bond donors (Lipinski definition) is 0. The summed E-state index contributed by atoms with van der Waals surface area (Å²) in [6.07, 6.45) is 5.11. The number of rotatable bonds is 13. The van der Waals surface area contributed by atoms with Gasteiger partial charge in [0.15, 0.2) is 0 Å². The first kappa shape index (κ1) is 26.5. The van der Waals surface area contributed by atoms with Gasteiger partial charge < -0.3 is 14.6 Å². The molecule has 0 rings (SSSR count). The van der Waals surface area contributed by atoms with Crippen molar-refractivity contribution < 1.29 is 58.6 Å². The normalized spacial score (nSPS) is 10.6. The van der Waals surface area contributed by atoms with Gasteiger partial charge in [-0.15, -0.1) is 13.2 Å². The second-order valence-corrected chi connectivity index (χ2v) is 5.21. The Labute approximate surface area is 176 Å². The molecule has 1 atom stereocenters. The summed E-state index contributed by atoms with van der Waals surface area (Å²) in [6.45, 7) is 10.3. The van der Waals surface area contributed by atoms with Crippen LogP contribution in [0, 0.1) is 0 Å². The molecule has 0 aromatic heterocycles. The van der Waals surface area contributed by atoms with E-state index in [0.717, 1.165) is 6.26 Å². The summed E-state index contributed by atoms with van der Waals surface area (Å²) in [5.74, 6) is -3.91. The molecule has 0 aromatic carbocycles. The molecule has 0 spiro atoms. The molecule has 0 aromatic rings. The summed E-state index contributed by atoms with van der Waals surface area (Å²) < 4.78 is 4.59. The molecule has 2 amide bonds. The van der Waals surface area contributed by atoms with Crippen molar-refractivity contribution in [2.75, 3.05) is 0 Å². The van der Waals surface area contributed by atoms with E-state index in [0.29, 0.717) is 30.6 Å². The largest absolute Gasteiger partial charge is 1.00 e. The molecule has 0 saturated heterocycles. The Bertz CT molecular complexity index is 506. The Kier molecular flexibility index (Phi) is 15.9. The number of allylic oxidation sites excluding steroid dienone is 2. The number of carbonyl (C=O) groups is 4. The minimum absolute atomic E-state index is 0. The third-order valence-electron chi connectivity index (χ3n) is 3.28. The van der Waals surface area contributed by atoms with Crippen molar-refractivity contribution in [3.05, 3.63) is 38.2 Å². The van der Waals surface area contributed by atoms with E-state index in [-0.39, 0.29) is 42.4 Å². The summed E-state index contributed by atoms with van der Waals surface area (Å²) in [7, 11) is 0. The quantitative estimate of drug-likeness (QED) is 0.125. The fraction of sp³-hybridized carbons (Fsp3) is 0.444. The Morgan fingerprint density at radius 2 is 1.42 bits per heavy atom. The van der Waals surface area contributed by atoms with Gasteiger partial charge in [0.1, 0.15) is 6.04 Å². The number of imide groups is 1. The average Bonchev–Trinajstić information content (AvgIpc) is 2.54. The number of amides is 2. The van der Waals surface area contributed by atoms with E-state index in [4.69, 9.17) is 0 Å². The zero-order valence-electron chi connectivity index (χ0n) is 15.3. The summed E-state index contributed by atoms with van der Waals surface area (Å²) in [5, 5.41) is 11.0. The monoisotopic (exact) mass is 373 g/mol. The molecule has 26 heavy (non-hydrogen) atoms. The number of ether oxygens (including phenoxy) is 1. The zero-order valence-corrected chi connectivity index (χ0v) is 17.3. The van der Waals surface area contributed by atoms with Crippen LogP contribution in [0.5, 0.6) is 0 Å². The van der Waals surface area contributed by atoms with Crippen molar-refractivity contribution in [1.29, 1.82) is 0 Å². The minimum atomic E-state index is -1.59. The van der Waals surface area contributed by atoms with Crippen LogP contribution in [0.25, 0.3) is 0 Å². The van der Waals surface area contributed by atoms with Gasteiger partial charge in [-0.3, -0.25) is 14.5 Å². The molecule has 0 aliphatic rings. The van der Waals surface area contributed by atoms with Crippen molar-refractivity contribution >= 4 is 23.8 Å². The van der Waals surface area contributed by atoms with Gasteiger partial charge >= 0.3 is 35.5 Å². The van der Waals surface area contributed by atoms with Crippen LogP contribution in [-0.2, 0) is 23.9 Å². The van der Waals surface area contributed by atoms with Crippen molar-refractivity contribution in [2.24, 2.45) is 0 Å². The van der Waals surface area contributed by atoms with E-state index in [9.17, 15) is 24.3 Å². The fourth-order valence-electron chi connectivity index (χ4n) is 2.12. The topological polar surface area (TPSA) is 104 Å². The van der Waals surface area contributed by atoms with E-state index >= 15 is 0 Å². The van der Waals surface area contributed by atoms with Gasteiger partial charge in [-0.05, 0) is 25.7 Å². The van der Waals surface area contributed by atoms with Gasteiger partial charge in [0.2, 0.25) is 11.8 Å². The standard InChI is InChI=1S/C18H25NO6.Na/c1-4-7-9-11-15(20)19(16(21)12-10-8-5-2)14(13-17(22)23)18(24)25-6-3;/h4-6,14H,1-3,7-13H2,(H,22,23);/q;+1/p-1. The number of esters is 1. The Morgan fingerprint density at radius 1 is 0.962 bits per heavy atom. The molecule has 0 bridgehead atoms. The molecular weight excluding hydrogens is 349 g/mol. The van der Waals surface area contributed by atoms with Crippen LogP contribution in [0.15, 0.2) is 38.2 Å². The maximum atomic E-state index is 12.4. The average molecular weight is 373 g/mol. The van der Waals surface area contributed by atoms with E-state index in [1.165, 1.54) is 0 Å². The molecule has 0 radical (unpaired) electrons. The second kappa shape index (κ2) is 15.5. The zero-order chi connectivity index (χ0) is 19.2. The van der Waals surface area contributed by atoms with Gasteiger partial charge in [0, 0.05) is 25.2 Å². The maximum Gasteiger partial charge on any atom is 1.00 e. The third-order valence-corrected chi connectivity index (χ3v) is 3.28. The summed E-state index contributed by atoms with van der Waals surface area (Å²) in [4.78, 5) is 48.5. The molecule has 8 heteroatoms. The number of carboxylic acid groups (broad SMARTS) is 1. The van der Waals surface area contributed by atoms with Crippen LogP contribution in [-0.4, -0.2) is 34.7 Å². The first-order valence-electron chi connectivity index (χ1n) is 7.96. The van der Waals surface area contributed by atoms with Crippen molar-refractivity contribution in [3.8, 4) is 0 Å². The van der Waals surface area contributed by atoms with Crippen LogP contribution in [0.3, 0.4) is 0 Å². The first-order chi connectivity index (χ1) is 11.9. The molecule has 0 aliphatic carbocycles. The van der Waals surface area contributed by atoms with Gasteiger partial charge in [-0.25, -0.2) is 4.79 Å². The number of carboxylic acids is 1. The summed E-state index contributed by atoms with van der Waals surface area (Å²) in [5.41, 5.74) is 0. The SMILES string of the molecule is C=CCCCC(=O)N(C(=O)CCCC=C)C(CC(=O)[O-])C(=O)OC=C.[Na+]. The van der Waals surface area contributed by atoms with Crippen LogP contribution in [0.1, 0.15) is 44.9 Å². The molecule has 0 aliphatic heterocycles. The Hall–Kier alpha value is -1.70. The van der Waals surface area contributed by atoms with Gasteiger partial charge in [-0.1, -0.05) is 18.7 Å². The van der Waals surface area contributed by atoms with E-state index in [2.05, 4.69) is 24.5 Å². The fourth-order valence-corrected chi connectivity index (χ4v) is 2.12. The number of aliphatic carboxylic acids is 1. The van der Waals surface area contributed by atoms with Gasteiger partial charge in [0.25, 0.3) is 0 Å². The molecule has 1 unspecified atom stereocenters. The van der Waals surface area contributed by atoms with E-state index in [1.54, 1.807) is 12.2 Å². The van der Waals surface area contributed by atoms with Gasteiger partial charge in [-0.2, -0.15) is 0 Å². The Morgan fingerprint density at radius 3 is 1.77 bits per heavy atom. The van der Waals surface area contributed by atoms with Gasteiger partial charge in [0.05, 0.1) is 6.26 Å². The first-order valence-corrected chi connectivity index (χ1v) is 7.96. The maximum absolute atomic E-state index is 12.4. The molecule has 0 saturated carbocycles. The number of nitrogens with zero attached hydrogens (tertiary/aromatic N) is 1. The predicted octanol–water partition coefficient (Wildman–Crippen LogP) is -1.75. The van der Waals surface area contributed by atoms with Crippen LogP contribution in [0.4, 0.5) is 0 Å². The molecule has 138 valence electrons. The third kappa shape index (κ3) is 10.3. The minimum Gasteiger partial charge on any atom is -0.550 e. The van der Waals surface area contributed by atoms with E-state index < -0.39 is 36.2 Å². The van der Waals surface area contributed by atoms with Crippen LogP contribution < -0.4 is 34.7 Å². The summed E-state index contributed by atoms with van der Waals surface area (Å²) in [6, 6.07) is -1.59. The number of unbranched alkanes of at least 4 members (excludes halogenated alkanes) is 2. The summed E-state index contributed by atoms with van der Waals surface area (Å²) >= 11 is 0. The molecule has 7 nitrogen and oxygen atoms in total. The van der Waals surface area contributed by atoms with Crippen molar-refractivity contribution in [3.63, 3.8) is 0 Å². The molecule has 0 heterocycles. The smallest absolute Gasteiger partial charge is 0.550 e. The van der Waals surface area contributed by atoms with Crippen LogP contribution >= 0.6 is 0 Å². The van der Waals surface area contributed by atoms with Crippen molar-refractivity contribution in [2.45, 2.75) is 51.0 Å². The number of carbonyl (C=O) groups excluding carboxylic acids is 4. The van der Waals surface area contributed by atoms with Crippen molar-refractivity contribution in [1.82, 2.24) is 4.90 Å².